The van der Waals surface area contributed by atoms with E-state index in [0.29, 0.717) is 30.9 Å². The average Bonchev–Trinajstić information content (AvgIpc) is 2.46. The van der Waals surface area contributed by atoms with E-state index in [9.17, 15) is 4.79 Å². The van der Waals surface area contributed by atoms with Crippen LogP contribution >= 0.6 is 11.8 Å². The zero-order valence-electron chi connectivity index (χ0n) is 14.2. The Hall–Kier alpha value is -0.910. The SMILES string of the molecule is CSC1CCCCC1NC1=NCCN(C(=O)OC(C)(C)C)C1. The number of amidine groups is 1. The molecular formula is C16H29N3O2S. The highest BCUT2D eigenvalue weighted by Gasteiger charge is 2.28. The van der Waals surface area contributed by atoms with Crippen LogP contribution in [0.15, 0.2) is 4.99 Å². The van der Waals surface area contributed by atoms with E-state index in [2.05, 4.69) is 16.6 Å². The Kier molecular flexibility index (Phi) is 6.01. The second-order valence-corrected chi connectivity index (χ2v) is 8.12. The molecule has 0 saturated heterocycles. The lowest BCUT2D eigenvalue weighted by Gasteiger charge is -2.35. The van der Waals surface area contributed by atoms with Crippen LogP contribution in [0.5, 0.6) is 0 Å². The number of aliphatic imine (C=N–C) groups is 1. The summed E-state index contributed by atoms with van der Waals surface area (Å²) in [7, 11) is 0. The fourth-order valence-corrected chi connectivity index (χ4v) is 3.88. The highest BCUT2D eigenvalue weighted by Crippen LogP contribution is 2.27. The maximum atomic E-state index is 12.2. The number of ether oxygens (including phenoxy) is 1. The van der Waals surface area contributed by atoms with Crippen LogP contribution in [0.2, 0.25) is 0 Å². The molecule has 0 bridgehead atoms. The summed E-state index contributed by atoms with van der Waals surface area (Å²) in [5.41, 5.74) is -0.452. The Morgan fingerprint density at radius 1 is 1.36 bits per heavy atom. The van der Waals surface area contributed by atoms with Crippen molar-refractivity contribution < 1.29 is 9.53 Å². The summed E-state index contributed by atoms with van der Waals surface area (Å²) in [5, 5.41) is 4.23. The number of thioether (sulfide) groups is 1. The van der Waals surface area contributed by atoms with Crippen LogP contribution in [0.4, 0.5) is 4.79 Å². The van der Waals surface area contributed by atoms with Crippen molar-refractivity contribution in [2.24, 2.45) is 4.99 Å². The Bertz CT molecular complexity index is 420. The molecule has 1 fully saturated rings. The smallest absolute Gasteiger partial charge is 0.410 e. The topological polar surface area (TPSA) is 53.9 Å². The van der Waals surface area contributed by atoms with Gasteiger partial charge in [0.1, 0.15) is 11.4 Å². The van der Waals surface area contributed by atoms with Gasteiger partial charge in [-0.3, -0.25) is 9.89 Å². The van der Waals surface area contributed by atoms with Gasteiger partial charge in [-0.2, -0.15) is 11.8 Å². The van der Waals surface area contributed by atoms with Gasteiger partial charge in [0.05, 0.1) is 13.1 Å². The molecule has 0 aromatic heterocycles. The summed E-state index contributed by atoms with van der Waals surface area (Å²) >= 11 is 1.93. The van der Waals surface area contributed by atoms with Crippen LogP contribution in [-0.2, 0) is 4.74 Å². The second kappa shape index (κ2) is 7.57. The number of hydrogen-bond acceptors (Lipinski definition) is 5. The van der Waals surface area contributed by atoms with Crippen LogP contribution in [-0.4, -0.2) is 59.6 Å². The second-order valence-electron chi connectivity index (χ2n) is 7.04. The molecule has 1 aliphatic heterocycles. The molecule has 5 nitrogen and oxygen atoms in total. The van der Waals surface area contributed by atoms with Gasteiger partial charge in [-0.15, -0.1) is 0 Å². The molecule has 1 N–H and O–H groups in total. The fourth-order valence-electron chi connectivity index (χ4n) is 2.95. The molecule has 0 aromatic carbocycles. The lowest BCUT2D eigenvalue weighted by Crippen LogP contribution is -2.51. The minimum absolute atomic E-state index is 0.244. The van der Waals surface area contributed by atoms with Gasteiger partial charge >= 0.3 is 6.09 Å². The van der Waals surface area contributed by atoms with Gasteiger partial charge in [0.25, 0.3) is 0 Å². The summed E-state index contributed by atoms with van der Waals surface area (Å²) in [6, 6.07) is 0.473. The van der Waals surface area contributed by atoms with Crippen LogP contribution in [0.1, 0.15) is 46.5 Å². The van der Waals surface area contributed by atoms with Crippen molar-refractivity contribution in [1.29, 1.82) is 0 Å². The van der Waals surface area contributed by atoms with Crippen molar-refractivity contribution in [2.45, 2.75) is 63.3 Å². The number of rotatable bonds is 2. The zero-order valence-corrected chi connectivity index (χ0v) is 15.0. The summed E-state index contributed by atoms with van der Waals surface area (Å²) in [6.07, 6.45) is 6.99. The number of amides is 1. The first-order valence-corrected chi connectivity index (χ1v) is 9.48. The molecule has 22 heavy (non-hydrogen) atoms. The van der Waals surface area contributed by atoms with Gasteiger partial charge in [-0.1, -0.05) is 12.8 Å². The van der Waals surface area contributed by atoms with Crippen LogP contribution < -0.4 is 5.32 Å². The van der Waals surface area contributed by atoms with Crippen molar-refractivity contribution in [3.8, 4) is 0 Å². The van der Waals surface area contributed by atoms with E-state index in [-0.39, 0.29) is 6.09 Å². The normalized spacial score (nSPS) is 26.4. The molecule has 2 rings (SSSR count). The maximum Gasteiger partial charge on any atom is 0.410 e. The third-order valence-corrected chi connectivity index (χ3v) is 5.19. The van der Waals surface area contributed by atoms with Crippen molar-refractivity contribution in [3.05, 3.63) is 0 Å². The summed E-state index contributed by atoms with van der Waals surface area (Å²) in [4.78, 5) is 18.5. The predicted octanol–water partition coefficient (Wildman–Crippen LogP) is 2.90. The number of nitrogens with one attached hydrogen (secondary N) is 1. The molecule has 126 valence electrons. The van der Waals surface area contributed by atoms with E-state index in [1.165, 1.54) is 25.7 Å². The fraction of sp³-hybridized carbons (Fsp3) is 0.875. The molecule has 0 spiro atoms. The van der Waals surface area contributed by atoms with E-state index < -0.39 is 5.60 Å². The van der Waals surface area contributed by atoms with Gasteiger partial charge in [-0.05, 0) is 39.9 Å². The molecule has 1 amide bonds. The van der Waals surface area contributed by atoms with Crippen LogP contribution in [0.25, 0.3) is 0 Å². The first kappa shape index (κ1) is 17.4. The molecule has 6 heteroatoms. The molecule has 2 aliphatic rings. The van der Waals surface area contributed by atoms with Gasteiger partial charge in [-0.25, -0.2) is 4.79 Å². The number of hydrogen-bond donors (Lipinski definition) is 1. The average molecular weight is 327 g/mol. The molecule has 1 aliphatic carbocycles. The van der Waals surface area contributed by atoms with Crippen LogP contribution in [0.3, 0.4) is 0 Å². The predicted molar refractivity (Wildman–Crippen MR) is 92.8 cm³/mol. The van der Waals surface area contributed by atoms with Crippen molar-refractivity contribution in [1.82, 2.24) is 10.2 Å². The van der Waals surface area contributed by atoms with Crippen molar-refractivity contribution >= 4 is 23.7 Å². The van der Waals surface area contributed by atoms with Crippen molar-refractivity contribution in [2.75, 3.05) is 25.9 Å². The first-order chi connectivity index (χ1) is 10.4. The molecule has 1 heterocycles. The Labute approximate surface area is 138 Å². The number of nitrogens with zero attached hydrogens (tertiary/aromatic N) is 2. The first-order valence-electron chi connectivity index (χ1n) is 8.19. The zero-order chi connectivity index (χ0) is 16.2. The third kappa shape index (κ3) is 5.07. The largest absolute Gasteiger partial charge is 0.444 e. The Morgan fingerprint density at radius 2 is 2.09 bits per heavy atom. The summed E-state index contributed by atoms with van der Waals surface area (Å²) in [5.74, 6) is 0.933. The van der Waals surface area contributed by atoms with Crippen LogP contribution in [0, 0.1) is 0 Å². The summed E-state index contributed by atoms with van der Waals surface area (Å²) in [6.45, 7) is 7.51. The molecule has 0 aromatic rings. The van der Waals surface area contributed by atoms with E-state index >= 15 is 0 Å². The van der Waals surface area contributed by atoms with E-state index in [4.69, 9.17) is 4.74 Å². The summed E-state index contributed by atoms with van der Waals surface area (Å²) < 4.78 is 5.46. The van der Waals surface area contributed by atoms with Gasteiger partial charge in [0, 0.05) is 17.8 Å². The standard InChI is InChI=1S/C16H29N3O2S/c1-16(2,3)21-15(20)19-10-9-17-14(11-19)18-12-7-5-6-8-13(12)22-4/h12-13H,5-11H2,1-4H3,(H,17,18). The van der Waals surface area contributed by atoms with Gasteiger partial charge in [0.2, 0.25) is 0 Å². The molecule has 2 unspecified atom stereocenters. The van der Waals surface area contributed by atoms with E-state index in [0.717, 1.165) is 5.84 Å². The highest BCUT2D eigenvalue weighted by molar-refractivity contribution is 7.99. The monoisotopic (exact) mass is 327 g/mol. The molecule has 2 atom stereocenters. The quantitative estimate of drug-likeness (QED) is 0.847. The highest BCUT2D eigenvalue weighted by atomic mass is 32.2. The van der Waals surface area contributed by atoms with E-state index in [1.54, 1.807) is 4.90 Å². The van der Waals surface area contributed by atoms with E-state index in [1.807, 2.05) is 32.5 Å². The number of carbonyl (C=O) groups excluding carboxylic acids is 1. The molecular weight excluding hydrogens is 298 g/mol. The maximum absolute atomic E-state index is 12.2. The Balaban J connectivity index is 1.90. The molecule has 0 radical (unpaired) electrons. The Morgan fingerprint density at radius 3 is 2.77 bits per heavy atom. The van der Waals surface area contributed by atoms with Gasteiger partial charge < -0.3 is 10.1 Å². The van der Waals surface area contributed by atoms with Crippen molar-refractivity contribution in [3.63, 3.8) is 0 Å². The lowest BCUT2D eigenvalue weighted by atomic mass is 9.95. The molecule has 1 saturated carbocycles. The van der Waals surface area contributed by atoms with Gasteiger partial charge in [0.15, 0.2) is 0 Å². The minimum atomic E-state index is -0.452. The third-order valence-electron chi connectivity index (χ3n) is 4.02. The minimum Gasteiger partial charge on any atom is -0.444 e. The number of carbonyl (C=O) groups is 1. The lowest BCUT2D eigenvalue weighted by molar-refractivity contribution is 0.0276.